The Morgan fingerprint density at radius 1 is 1.54 bits per heavy atom. The minimum atomic E-state index is 0.159. The van der Waals surface area contributed by atoms with Gasteiger partial charge in [-0.25, -0.2) is 0 Å². The molecule has 3 atom stereocenters. The Labute approximate surface area is 78.7 Å². The monoisotopic (exact) mass is 178 g/mol. The van der Waals surface area contributed by atoms with Crippen LogP contribution in [0.2, 0.25) is 0 Å². The Bertz CT molecular complexity index is 251. The van der Waals surface area contributed by atoms with Gasteiger partial charge in [0, 0.05) is 18.8 Å². The Hall–Kier alpha value is -0.810. The summed E-state index contributed by atoms with van der Waals surface area (Å²) in [5.41, 5.74) is 0. The zero-order valence-corrected chi connectivity index (χ0v) is 7.66. The van der Waals surface area contributed by atoms with E-state index in [1.165, 1.54) is 0 Å². The minimum Gasteiger partial charge on any atom is -0.374 e. The van der Waals surface area contributed by atoms with Crippen LogP contribution in [-0.4, -0.2) is 18.0 Å². The molecule has 0 aromatic rings. The van der Waals surface area contributed by atoms with Gasteiger partial charge in [-0.2, -0.15) is 0 Å². The first-order valence-electron chi connectivity index (χ1n) is 4.93. The lowest BCUT2D eigenvalue weighted by Crippen LogP contribution is -2.24. The number of hydrogen-bond acceptors (Lipinski definition) is 2. The fourth-order valence-electron chi connectivity index (χ4n) is 2.36. The molecule has 70 valence electrons. The van der Waals surface area contributed by atoms with Gasteiger partial charge in [0.25, 0.3) is 0 Å². The maximum atomic E-state index is 11.6. The fourth-order valence-corrected chi connectivity index (χ4v) is 2.36. The van der Waals surface area contributed by atoms with Crippen LogP contribution in [0.15, 0.2) is 0 Å². The van der Waals surface area contributed by atoms with Gasteiger partial charge in [-0.05, 0) is 19.3 Å². The van der Waals surface area contributed by atoms with Crippen molar-refractivity contribution >= 4 is 5.78 Å². The van der Waals surface area contributed by atoms with Gasteiger partial charge >= 0.3 is 0 Å². The number of carbonyl (C=O) groups is 1. The summed E-state index contributed by atoms with van der Waals surface area (Å²) >= 11 is 0. The Morgan fingerprint density at radius 2 is 2.38 bits per heavy atom. The van der Waals surface area contributed by atoms with Crippen molar-refractivity contribution in [2.45, 2.75) is 44.3 Å². The number of Topliss-reactive ketones (excluding diaryl/α,β-unsaturated/α-hetero) is 1. The highest BCUT2D eigenvalue weighted by molar-refractivity contribution is 5.82. The molecular formula is C11H14O2. The van der Waals surface area contributed by atoms with E-state index < -0.39 is 0 Å². The quantitative estimate of drug-likeness (QED) is 0.613. The Kier molecular flexibility index (Phi) is 2.37. The molecule has 13 heavy (non-hydrogen) atoms. The number of carbonyl (C=O) groups excluding carboxylic acids is 1. The van der Waals surface area contributed by atoms with Gasteiger partial charge in [0.15, 0.2) is 0 Å². The molecule has 0 saturated carbocycles. The van der Waals surface area contributed by atoms with Crippen molar-refractivity contribution in [3.63, 3.8) is 0 Å². The number of rotatable bonds is 3. The normalized spacial score (nSPS) is 36.1. The first-order valence-corrected chi connectivity index (χ1v) is 4.93. The molecule has 2 heteroatoms. The summed E-state index contributed by atoms with van der Waals surface area (Å²) in [7, 11) is 0. The molecule has 2 aliphatic heterocycles. The lowest BCUT2D eigenvalue weighted by atomic mass is 9.85. The van der Waals surface area contributed by atoms with Crippen LogP contribution in [0.4, 0.5) is 0 Å². The van der Waals surface area contributed by atoms with E-state index in [-0.39, 0.29) is 12.0 Å². The summed E-state index contributed by atoms with van der Waals surface area (Å²) < 4.78 is 5.61. The number of hydrogen-bond donors (Lipinski definition) is 0. The highest BCUT2D eigenvalue weighted by Gasteiger charge is 2.43. The van der Waals surface area contributed by atoms with Gasteiger partial charge in [0.1, 0.15) is 5.78 Å². The van der Waals surface area contributed by atoms with Crippen LogP contribution < -0.4 is 0 Å². The van der Waals surface area contributed by atoms with Crippen molar-refractivity contribution < 1.29 is 9.53 Å². The molecule has 2 fully saturated rings. The SMILES string of the molecule is C#CCCC(=O)C1CC2CCC1O2. The first kappa shape index (κ1) is 8.77. The van der Waals surface area contributed by atoms with Crippen molar-refractivity contribution in [2.24, 2.45) is 5.92 Å². The average Bonchev–Trinajstić information content (AvgIpc) is 2.74. The molecule has 2 saturated heterocycles. The van der Waals surface area contributed by atoms with Gasteiger partial charge in [-0.1, -0.05) is 0 Å². The smallest absolute Gasteiger partial charge is 0.139 e. The average molecular weight is 178 g/mol. The van der Waals surface area contributed by atoms with E-state index in [0.717, 1.165) is 19.3 Å². The van der Waals surface area contributed by atoms with Crippen molar-refractivity contribution in [3.8, 4) is 12.3 Å². The zero-order chi connectivity index (χ0) is 9.26. The standard InChI is InChI=1S/C11H14O2/c1-2-3-4-10(12)9-7-8-5-6-11(9)13-8/h1,8-9,11H,3-7H2. The lowest BCUT2D eigenvalue weighted by molar-refractivity contribution is -0.124. The molecule has 0 amide bonds. The van der Waals surface area contributed by atoms with E-state index in [4.69, 9.17) is 11.2 Å². The van der Waals surface area contributed by atoms with E-state index in [0.29, 0.717) is 24.7 Å². The first-order chi connectivity index (χ1) is 6.31. The molecule has 0 aromatic carbocycles. The summed E-state index contributed by atoms with van der Waals surface area (Å²) in [6, 6.07) is 0. The van der Waals surface area contributed by atoms with E-state index in [1.54, 1.807) is 0 Å². The second kappa shape index (κ2) is 3.51. The van der Waals surface area contributed by atoms with Crippen LogP contribution in [-0.2, 0) is 9.53 Å². The van der Waals surface area contributed by atoms with Crippen LogP contribution in [0, 0.1) is 18.3 Å². The third-order valence-electron chi connectivity index (χ3n) is 3.04. The van der Waals surface area contributed by atoms with E-state index in [1.807, 2.05) is 0 Å². The molecule has 0 radical (unpaired) electrons. The van der Waals surface area contributed by atoms with E-state index in [9.17, 15) is 4.79 Å². The number of terminal acetylenes is 1. The minimum absolute atomic E-state index is 0.159. The van der Waals surface area contributed by atoms with Crippen molar-refractivity contribution in [1.29, 1.82) is 0 Å². The fraction of sp³-hybridized carbons (Fsp3) is 0.727. The summed E-state index contributed by atoms with van der Waals surface area (Å²) in [5.74, 6) is 2.97. The van der Waals surface area contributed by atoms with Gasteiger partial charge < -0.3 is 4.74 Å². The predicted molar refractivity (Wildman–Crippen MR) is 49.1 cm³/mol. The molecule has 2 bridgehead atoms. The molecule has 0 aromatic heterocycles. The Morgan fingerprint density at radius 3 is 2.92 bits per heavy atom. The highest BCUT2D eigenvalue weighted by atomic mass is 16.5. The lowest BCUT2D eigenvalue weighted by Gasteiger charge is -2.16. The molecule has 0 spiro atoms. The second-order valence-electron chi connectivity index (χ2n) is 3.89. The molecular weight excluding hydrogens is 164 g/mol. The maximum absolute atomic E-state index is 11.6. The molecule has 3 unspecified atom stereocenters. The highest BCUT2D eigenvalue weighted by Crippen LogP contribution is 2.39. The third-order valence-corrected chi connectivity index (χ3v) is 3.04. The van der Waals surface area contributed by atoms with Gasteiger partial charge in [-0.3, -0.25) is 4.79 Å². The number of ketones is 1. The molecule has 2 nitrogen and oxygen atoms in total. The van der Waals surface area contributed by atoms with Gasteiger partial charge in [0.2, 0.25) is 0 Å². The van der Waals surface area contributed by atoms with Crippen molar-refractivity contribution in [1.82, 2.24) is 0 Å². The molecule has 0 N–H and O–H groups in total. The molecule has 0 aliphatic carbocycles. The predicted octanol–water partition coefficient (Wildman–Crippen LogP) is 1.54. The maximum Gasteiger partial charge on any atom is 0.139 e. The Balaban J connectivity index is 1.88. The largest absolute Gasteiger partial charge is 0.374 e. The van der Waals surface area contributed by atoms with Crippen LogP contribution >= 0.6 is 0 Å². The topological polar surface area (TPSA) is 26.3 Å². The van der Waals surface area contributed by atoms with Crippen LogP contribution in [0.1, 0.15) is 32.1 Å². The van der Waals surface area contributed by atoms with Crippen LogP contribution in [0.3, 0.4) is 0 Å². The van der Waals surface area contributed by atoms with Gasteiger partial charge in [0.05, 0.1) is 12.2 Å². The van der Waals surface area contributed by atoms with E-state index in [2.05, 4.69) is 5.92 Å². The summed E-state index contributed by atoms with van der Waals surface area (Å²) in [4.78, 5) is 11.6. The van der Waals surface area contributed by atoms with Crippen LogP contribution in [0.5, 0.6) is 0 Å². The molecule has 2 heterocycles. The molecule has 2 rings (SSSR count). The summed E-state index contributed by atoms with van der Waals surface area (Å²) in [5, 5.41) is 0. The number of ether oxygens (including phenoxy) is 1. The second-order valence-corrected chi connectivity index (χ2v) is 3.89. The van der Waals surface area contributed by atoms with Crippen molar-refractivity contribution in [3.05, 3.63) is 0 Å². The van der Waals surface area contributed by atoms with Crippen LogP contribution in [0.25, 0.3) is 0 Å². The third kappa shape index (κ3) is 1.62. The summed E-state index contributed by atoms with van der Waals surface area (Å²) in [6.45, 7) is 0. The van der Waals surface area contributed by atoms with E-state index >= 15 is 0 Å². The zero-order valence-electron chi connectivity index (χ0n) is 7.66. The molecule has 2 aliphatic rings. The summed E-state index contributed by atoms with van der Waals surface area (Å²) in [6.07, 6.45) is 9.96. The van der Waals surface area contributed by atoms with Gasteiger partial charge in [-0.15, -0.1) is 12.3 Å². The van der Waals surface area contributed by atoms with Crippen molar-refractivity contribution in [2.75, 3.05) is 0 Å². The number of fused-ring (bicyclic) bond motifs is 2.